The molecule has 0 amide bonds. The van der Waals surface area contributed by atoms with Gasteiger partial charge in [-0.2, -0.15) is 0 Å². The molecule has 14 heavy (non-hydrogen) atoms. The van der Waals surface area contributed by atoms with Gasteiger partial charge in [-0.05, 0) is 38.3 Å². The first-order chi connectivity index (χ1) is 5.45. The van der Waals surface area contributed by atoms with Gasteiger partial charge in [-0.25, -0.2) is 0 Å². The van der Waals surface area contributed by atoms with Crippen LogP contribution in [0.3, 0.4) is 0 Å². The van der Waals surface area contributed by atoms with Crippen LogP contribution in [0.1, 0.15) is 13.8 Å². The average Bonchev–Trinajstić information content (AvgIpc) is 1.87. The second-order valence-electron chi connectivity index (χ2n) is 1.79. The molecule has 0 heterocycles. The predicted octanol–water partition coefficient (Wildman–Crippen LogP) is 0.954. The molecule has 0 aromatic rings. The number of rotatable bonds is 2. The van der Waals surface area contributed by atoms with Crippen LogP contribution in [0.4, 0.5) is 0 Å². The summed E-state index contributed by atoms with van der Waals surface area (Å²) in [5, 5.41) is 15.7. The van der Waals surface area contributed by atoms with Gasteiger partial charge in [0, 0.05) is 52.0 Å². The van der Waals surface area contributed by atoms with E-state index in [-0.39, 0.29) is 44.1 Å². The molecule has 8 heteroatoms. The van der Waals surface area contributed by atoms with E-state index >= 15 is 0 Å². The molecule has 0 spiro atoms. The van der Waals surface area contributed by atoms with Gasteiger partial charge in [-0.15, -0.1) is 0 Å². The molecule has 0 rings (SSSR count). The van der Waals surface area contributed by atoms with Crippen LogP contribution < -0.4 is 5.73 Å². The molecule has 0 aliphatic heterocycles. The fourth-order valence-corrected chi connectivity index (χ4v) is 0.752. The van der Waals surface area contributed by atoms with Crippen molar-refractivity contribution in [1.82, 2.24) is 4.90 Å². The van der Waals surface area contributed by atoms with Crippen molar-refractivity contribution in [3.05, 3.63) is 0 Å². The van der Waals surface area contributed by atoms with E-state index < -0.39 is 5.17 Å². The molecule has 0 aliphatic carbocycles. The van der Waals surface area contributed by atoms with Crippen molar-refractivity contribution >= 4 is 34.8 Å². The van der Waals surface area contributed by atoms with E-state index in [1.54, 1.807) is 4.90 Å². The van der Waals surface area contributed by atoms with E-state index in [0.717, 1.165) is 13.1 Å². The zero-order valence-corrected chi connectivity index (χ0v) is 16.1. The van der Waals surface area contributed by atoms with Crippen LogP contribution in [0.15, 0.2) is 0 Å². The summed E-state index contributed by atoms with van der Waals surface area (Å²) < 4.78 is 0. The van der Waals surface area contributed by atoms with Gasteiger partial charge in [-0.3, -0.25) is 0 Å². The summed E-state index contributed by atoms with van der Waals surface area (Å²) in [5.41, 5.74) is 4.40. The molecule has 0 saturated heterocycles. The SMILES string of the molecule is CCN(CC)C(O)=S.NC(O)=S.[Zn].[Zn]. The quantitative estimate of drug-likeness (QED) is 0.513. The molecular weight excluding hydrogens is 327 g/mol. The summed E-state index contributed by atoms with van der Waals surface area (Å²) in [4.78, 5) is 1.70. The molecule has 0 radical (unpaired) electrons. The largest absolute Gasteiger partial charge is 0.487 e. The minimum absolute atomic E-state index is 0. The van der Waals surface area contributed by atoms with E-state index in [2.05, 4.69) is 30.2 Å². The number of hydrogen-bond donors (Lipinski definition) is 3. The summed E-state index contributed by atoms with van der Waals surface area (Å²) in [7, 11) is 0. The zero-order valence-electron chi connectivity index (χ0n) is 8.56. The summed E-state index contributed by atoms with van der Waals surface area (Å²) in [6, 6.07) is 0. The number of aliphatic hydroxyl groups is 2. The van der Waals surface area contributed by atoms with Crippen molar-refractivity contribution in [1.29, 1.82) is 0 Å². The van der Waals surface area contributed by atoms with Gasteiger partial charge in [0.15, 0.2) is 0 Å². The Morgan fingerprint density at radius 2 is 1.36 bits per heavy atom. The molecule has 0 aromatic heterocycles. The van der Waals surface area contributed by atoms with Crippen molar-refractivity contribution in [2.75, 3.05) is 13.1 Å². The number of nitrogens with two attached hydrogens (primary N) is 1. The Hall–Kier alpha value is 0.627. The van der Waals surface area contributed by atoms with Crippen LogP contribution in [0.5, 0.6) is 0 Å². The molecule has 76 valence electrons. The van der Waals surface area contributed by atoms with Gasteiger partial charge in [0.2, 0.25) is 0 Å². The van der Waals surface area contributed by atoms with Crippen molar-refractivity contribution in [2.24, 2.45) is 5.73 Å². The minimum Gasteiger partial charge on any atom is -0.487 e. The maximum absolute atomic E-state index is 8.67. The third-order valence-corrected chi connectivity index (χ3v) is 1.29. The monoisotopic (exact) mass is 338 g/mol. The van der Waals surface area contributed by atoms with E-state index in [9.17, 15) is 0 Å². The van der Waals surface area contributed by atoms with Crippen LogP contribution in [0.2, 0.25) is 0 Å². The first-order valence-corrected chi connectivity index (χ1v) is 4.23. The Kier molecular flexibility index (Phi) is 27.6. The molecule has 0 bridgehead atoms. The maximum Gasteiger partial charge on any atom is 0.256 e. The number of thiocarbonyl (C=S) groups is 2. The molecule has 0 atom stereocenters. The van der Waals surface area contributed by atoms with Crippen molar-refractivity contribution in [2.45, 2.75) is 13.8 Å². The standard InChI is InChI=1S/C5H11NOS.CH3NOS.2Zn/c1-3-6(4-2)5(7)8;2-1(3)4;;/h3-4H2,1-2H3,(H,7,8);(H3,2,3,4);;. The van der Waals surface area contributed by atoms with Gasteiger partial charge < -0.3 is 20.8 Å². The van der Waals surface area contributed by atoms with Crippen LogP contribution in [-0.2, 0) is 39.0 Å². The van der Waals surface area contributed by atoms with E-state index in [4.69, 9.17) is 10.2 Å². The molecule has 4 nitrogen and oxygen atoms in total. The number of hydrogen-bond acceptors (Lipinski definition) is 2. The Morgan fingerprint density at radius 1 is 1.14 bits per heavy atom. The fraction of sp³-hybridized carbons (Fsp3) is 0.667. The minimum atomic E-state index is -0.500. The summed E-state index contributed by atoms with van der Waals surface area (Å²) in [5.74, 6) is 0. The van der Waals surface area contributed by atoms with E-state index in [1.807, 2.05) is 13.8 Å². The molecular formula is C6H14N2O2S2Zn2. The van der Waals surface area contributed by atoms with Gasteiger partial charge >= 0.3 is 0 Å². The summed E-state index contributed by atoms with van der Waals surface area (Å²) >= 11 is 8.37. The summed E-state index contributed by atoms with van der Waals surface area (Å²) in [6.45, 7) is 5.47. The molecule has 4 N–H and O–H groups in total. The van der Waals surface area contributed by atoms with Crippen molar-refractivity contribution in [3.63, 3.8) is 0 Å². The second-order valence-corrected chi connectivity index (χ2v) is 2.58. The van der Waals surface area contributed by atoms with E-state index in [1.165, 1.54) is 0 Å². The topological polar surface area (TPSA) is 69.7 Å². The first kappa shape index (κ1) is 24.1. The third kappa shape index (κ3) is 22.9. The van der Waals surface area contributed by atoms with Crippen molar-refractivity contribution in [3.8, 4) is 0 Å². The number of nitrogens with zero attached hydrogens (tertiary/aromatic N) is 1. The predicted molar refractivity (Wildman–Crippen MR) is 57.6 cm³/mol. The normalized spacial score (nSPS) is 6.71. The average molecular weight is 341 g/mol. The Labute approximate surface area is 121 Å². The van der Waals surface area contributed by atoms with Gasteiger partial charge in [-0.1, -0.05) is 0 Å². The van der Waals surface area contributed by atoms with Crippen LogP contribution in [0, 0.1) is 0 Å². The van der Waals surface area contributed by atoms with Crippen LogP contribution in [0.25, 0.3) is 0 Å². The van der Waals surface area contributed by atoms with E-state index in [0.29, 0.717) is 0 Å². The molecule has 0 aromatic carbocycles. The maximum atomic E-state index is 8.67. The Balaban J connectivity index is -0.0000000733. The Morgan fingerprint density at radius 3 is 1.36 bits per heavy atom. The zero-order chi connectivity index (χ0) is 10.1. The molecule has 0 unspecified atom stereocenters. The van der Waals surface area contributed by atoms with Gasteiger partial charge in [0.05, 0.1) is 0 Å². The number of aliphatic hydroxyl groups excluding tert-OH is 2. The smallest absolute Gasteiger partial charge is 0.256 e. The van der Waals surface area contributed by atoms with Crippen LogP contribution >= 0.6 is 24.4 Å². The molecule has 0 saturated carbocycles. The summed E-state index contributed by atoms with van der Waals surface area (Å²) in [6.07, 6.45) is 0. The van der Waals surface area contributed by atoms with Gasteiger partial charge in [0.1, 0.15) is 0 Å². The molecule has 0 fully saturated rings. The third-order valence-electron chi connectivity index (χ3n) is 1.03. The first-order valence-electron chi connectivity index (χ1n) is 3.41. The Bertz CT molecular complexity index is 153. The van der Waals surface area contributed by atoms with Crippen LogP contribution in [-0.4, -0.2) is 38.6 Å². The van der Waals surface area contributed by atoms with Crippen molar-refractivity contribution < 1.29 is 49.2 Å². The van der Waals surface area contributed by atoms with Gasteiger partial charge in [0.25, 0.3) is 10.3 Å². The second kappa shape index (κ2) is 16.1. The fourth-order valence-electron chi connectivity index (χ4n) is 0.494. The molecule has 0 aliphatic rings.